The van der Waals surface area contributed by atoms with Gasteiger partial charge in [0.1, 0.15) is 5.75 Å². The molecule has 3 rings (SSSR count). The summed E-state index contributed by atoms with van der Waals surface area (Å²) in [7, 11) is 0. The third-order valence-corrected chi connectivity index (χ3v) is 4.80. The minimum Gasteiger partial charge on any atom is -0.491 e. The van der Waals surface area contributed by atoms with Crippen molar-refractivity contribution >= 4 is 29.9 Å². The highest BCUT2D eigenvalue weighted by molar-refractivity contribution is 14.0. The summed E-state index contributed by atoms with van der Waals surface area (Å²) in [4.78, 5) is 8.96. The van der Waals surface area contributed by atoms with Crippen molar-refractivity contribution in [3.8, 4) is 11.6 Å². The maximum atomic E-state index is 10.6. The molecule has 1 aromatic carbocycles. The van der Waals surface area contributed by atoms with Crippen LogP contribution < -0.4 is 20.1 Å². The number of hydrogen-bond donors (Lipinski definition) is 3. The molecule has 1 fully saturated rings. The van der Waals surface area contributed by atoms with Crippen LogP contribution in [-0.4, -0.2) is 41.9 Å². The van der Waals surface area contributed by atoms with E-state index in [0.29, 0.717) is 30.8 Å². The number of nitrogens with zero attached hydrogens (tertiary/aromatic N) is 2. The van der Waals surface area contributed by atoms with Gasteiger partial charge in [-0.2, -0.15) is 0 Å². The summed E-state index contributed by atoms with van der Waals surface area (Å²) in [5.74, 6) is 2.77. The van der Waals surface area contributed by atoms with Crippen LogP contribution in [0, 0.1) is 5.92 Å². The lowest BCUT2D eigenvalue weighted by Crippen LogP contribution is -2.39. The van der Waals surface area contributed by atoms with Crippen LogP contribution in [0.25, 0.3) is 0 Å². The number of guanidine groups is 1. The minimum absolute atomic E-state index is 0. The van der Waals surface area contributed by atoms with Crippen LogP contribution in [0.1, 0.15) is 50.8 Å². The highest BCUT2D eigenvalue weighted by atomic mass is 127. The Morgan fingerprint density at radius 3 is 2.69 bits per heavy atom. The molecule has 1 saturated carbocycles. The van der Waals surface area contributed by atoms with E-state index in [0.717, 1.165) is 30.0 Å². The molecule has 1 unspecified atom stereocenters. The Hall–Kier alpha value is -2.07. The smallest absolute Gasteiger partial charge is 0.213 e. The number of aliphatic imine (C=N–C) groups is 1. The fourth-order valence-corrected chi connectivity index (χ4v) is 2.97. The number of halogens is 1. The SMILES string of the molecule is CCNC(=NCc1ccc(OCC2CC2)nc1)NCC(O)c1cccc(OC(C)C)c1.I. The molecule has 0 aliphatic heterocycles. The summed E-state index contributed by atoms with van der Waals surface area (Å²) in [5, 5.41) is 17.0. The molecule has 1 aliphatic rings. The van der Waals surface area contributed by atoms with Gasteiger partial charge in [-0.15, -0.1) is 24.0 Å². The van der Waals surface area contributed by atoms with Gasteiger partial charge in [0, 0.05) is 25.4 Å². The number of aliphatic hydroxyl groups is 1. The van der Waals surface area contributed by atoms with Crippen LogP contribution in [0.3, 0.4) is 0 Å². The van der Waals surface area contributed by atoms with Crippen LogP contribution in [-0.2, 0) is 6.54 Å². The van der Waals surface area contributed by atoms with Gasteiger partial charge in [0.15, 0.2) is 5.96 Å². The summed E-state index contributed by atoms with van der Waals surface area (Å²) >= 11 is 0. The molecule has 1 heterocycles. The fourth-order valence-electron chi connectivity index (χ4n) is 2.97. The Kier molecular flexibility index (Phi) is 11.0. The summed E-state index contributed by atoms with van der Waals surface area (Å²) in [6, 6.07) is 11.4. The van der Waals surface area contributed by atoms with Gasteiger partial charge in [0.05, 0.1) is 25.4 Å². The number of aliphatic hydroxyl groups excluding tert-OH is 1. The second-order valence-corrected chi connectivity index (χ2v) is 8.09. The van der Waals surface area contributed by atoms with E-state index in [1.807, 2.05) is 57.2 Å². The number of hydrogen-bond acceptors (Lipinski definition) is 5. The second-order valence-electron chi connectivity index (χ2n) is 8.09. The zero-order valence-corrected chi connectivity index (χ0v) is 21.4. The number of nitrogens with one attached hydrogen (secondary N) is 2. The van der Waals surface area contributed by atoms with E-state index in [2.05, 4.69) is 20.6 Å². The van der Waals surface area contributed by atoms with Crippen molar-refractivity contribution in [1.29, 1.82) is 0 Å². The molecule has 8 heteroatoms. The molecular formula is C24H35IN4O3. The number of aromatic nitrogens is 1. The Morgan fingerprint density at radius 1 is 1.22 bits per heavy atom. The molecule has 1 aliphatic carbocycles. The van der Waals surface area contributed by atoms with Gasteiger partial charge < -0.3 is 25.2 Å². The van der Waals surface area contributed by atoms with E-state index in [4.69, 9.17) is 9.47 Å². The molecule has 7 nitrogen and oxygen atoms in total. The lowest BCUT2D eigenvalue weighted by atomic mass is 10.1. The van der Waals surface area contributed by atoms with Crippen LogP contribution in [0.4, 0.5) is 0 Å². The number of pyridine rings is 1. The van der Waals surface area contributed by atoms with Gasteiger partial charge in [-0.1, -0.05) is 18.2 Å². The summed E-state index contributed by atoms with van der Waals surface area (Å²) in [5.41, 5.74) is 1.79. The van der Waals surface area contributed by atoms with Crippen molar-refractivity contribution in [2.45, 2.75) is 52.4 Å². The normalized spacial score (nSPS) is 14.5. The zero-order valence-electron chi connectivity index (χ0n) is 19.1. The van der Waals surface area contributed by atoms with Crippen molar-refractivity contribution in [1.82, 2.24) is 15.6 Å². The van der Waals surface area contributed by atoms with Crippen LogP contribution in [0.15, 0.2) is 47.6 Å². The van der Waals surface area contributed by atoms with Crippen molar-refractivity contribution in [3.05, 3.63) is 53.7 Å². The predicted octanol–water partition coefficient (Wildman–Crippen LogP) is 4.06. The van der Waals surface area contributed by atoms with Crippen LogP contribution in [0.5, 0.6) is 11.6 Å². The van der Waals surface area contributed by atoms with E-state index in [-0.39, 0.29) is 30.1 Å². The highest BCUT2D eigenvalue weighted by Gasteiger charge is 2.22. The van der Waals surface area contributed by atoms with Crippen LogP contribution >= 0.6 is 24.0 Å². The molecule has 0 amide bonds. The predicted molar refractivity (Wildman–Crippen MR) is 138 cm³/mol. The van der Waals surface area contributed by atoms with Crippen molar-refractivity contribution in [3.63, 3.8) is 0 Å². The fraction of sp³-hybridized carbons (Fsp3) is 0.500. The molecule has 1 atom stereocenters. The molecule has 0 radical (unpaired) electrons. The molecule has 1 aromatic heterocycles. The second kappa shape index (κ2) is 13.5. The minimum atomic E-state index is -0.677. The standard InChI is InChI=1S/C24H34N4O3.HI/c1-4-25-24(27-14-19-10-11-23(26-13-19)30-16-18-8-9-18)28-15-22(29)20-6-5-7-21(12-20)31-17(2)3;/h5-7,10-13,17-18,22,29H,4,8-9,14-16H2,1-3H3,(H2,25,27,28);1H. The van der Waals surface area contributed by atoms with E-state index < -0.39 is 6.10 Å². The summed E-state index contributed by atoms with van der Waals surface area (Å²) in [6.07, 6.45) is 3.73. The number of benzene rings is 1. The first-order valence-electron chi connectivity index (χ1n) is 11.1. The highest BCUT2D eigenvalue weighted by Crippen LogP contribution is 2.29. The maximum absolute atomic E-state index is 10.6. The zero-order chi connectivity index (χ0) is 22.1. The van der Waals surface area contributed by atoms with Crippen molar-refractivity contribution in [2.24, 2.45) is 10.9 Å². The van der Waals surface area contributed by atoms with E-state index in [1.54, 1.807) is 6.20 Å². The molecule has 0 spiro atoms. The van der Waals surface area contributed by atoms with E-state index in [9.17, 15) is 5.11 Å². The van der Waals surface area contributed by atoms with Crippen molar-refractivity contribution in [2.75, 3.05) is 19.7 Å². The maximum Gasteiger partial charge on any atom is 0.213 e. The summed E-state index contributed by atoms with van der Waals surface area (Å²) in [6.45, 7) is 8.28. The Morgan fingerprint density at radius 2 is 2.03 bits per heavy atom. The Balaban J connectivity index is 0.00000363. The molecule has 32 heavy (non-hydrogen) atoms. The third kappa shape index (κ3) is 9.20. The number of rotatable bonds is 11. The molecular weight excluding hydrogens is 519 g/mol. The monoisotopic (exact) mass is 554 g/mol. The Labute approximate surface area is 208 Å². The quantitative estimate of drug-likeness (QED) is 0.221. The number of ether oxygens (including phenoxy) is 2. The molecule has 176 valence electrons. The first kappa shape index (κ1) is 26.2. The molecule has 0 saturated heterocycles. The lowest BCUT2D eigenvalue weighted by molar-refractivity contribution is 0.179. The van der Waals surface area contributed by atoms with Crippen LogP contribution in [0.2, 0.25) is 0 Å². The van der Waals surface area contributed by atoms with Gasteiger partial charge in [-0.3, -0.25) is 0 Å². The van der Waals surface area contributed by atoms with E-state index >= 15 is 0 Å². The average molecular weight is 554 g/mol. The van der Waals surface area contributed by atoms with Gasteiger partial charge in [-0.05, 0) is 62.8 Å². The van der Waals surface area contributed by atoms with Gasteiger partial charge in [0.2, 0.25) is 5.88 Å². The van der Waals surface area contributed by atoms with Gasteiger partial charge in [-0.25, -0.2) is 9.98 Å². The molecule has 2 aromatic rings. The van der Waals surface area contributed by atoms with Crippen molar-refractivity contribution < 1.29 is 14.6 Å². The summed E-state index contributed by atoms with van der Waals surface area (Å²) < 4.78 is 11.4. The first-order chi connectivity index (χ1) is 15.0. The molecule has 0 bridgehead atoms. The average Bonchev–Trinajstić information content (AvgIpc) is 3.59. The topological polar surface area (TPSA) is 88.0 Å². The first-order valence-corrected chi connectivity index (χ1v) is 11.1. The lowest BCUT2D eigenvalue weighted by Gasteiger charge is -2.17. The molecule has 3 N–H and O–H groups in total. The van der Waals surface area contributed by atoms with Gasteiger partial charge >= 0.3 is 0 Å². The largest absolute Gasteiger partial charge is 0.491 e. The third-order valence-electron chi connectivity index (χ3n) is 4.80. The van der Waals surface area contributed by atoms with Gasteiger partial charge in [0.25, 0.3) is 0 Å². The van der Waals surface area contributed by atoms with E-state index in [1.165, 1.54) is 12.8 Å². The Bertz CT molecular complexity index is 841.